The summed E-state index contributed by atoms with van der Waals surface area (Å²) >= 11 is 0. The van der Waals surface area contributed by atoms with Crippen molar-refractivity contribution in [2.24, 2.45) is 0 Å². The number of aromatic nitrogens is 2. The van der Waals surface area contributed by atoms with Crippen LogP contribution < -0.4 is 5.32 Å². The summed E-state index contributed by atoms with van der Waals surface area (Å²) in [6.07, 6.45) is 1.02. The second-order valence-electron chi connectivity index (χ2n) is 8.29. The summed E-state index contributed by atoms with van der Waals surface area (Å²) < 4.78 is 27.3. The van der Waals surface area contributed by atoms with Gasteiger partial charge in [0.15, 0.2) is 0 Å². The summed E-state index contributed by atoms with van der Waals surface area (Å²) in [5.41, 5.74) is 3.40. The number of hydrogen-bond acceptors (Lipinski definition) is 4. The van der Waals surface area contributed by atoms with Gasteiger partial charge in [-0.2, -0.15) is 0 Å². The van der Waals surface area contributed by atoms with Gasteiger partial charge in [0, 0.05) is 36.0 Å². The summed E-state index contributed by atoms with van der Waals surface area (Å²) in [6.45, 7) is 6.16. The lowest BCUT2D eigenvalue weighted by Crippen LogP contribution is -2.21. The molecule has 1 atom stereocenters. The van der Waals surface area contributed by atoms with Crippen LogP contribution in [-0.4, -0.2) is 33.9 Å². The van der Waals surface area contributed by atoms with Crippen LogP contribution in [0.3, 0.4) is 0 Å². The highest BCUT2D eigenvalue weighted by atomic mass is 19.1. The van der Waals surface area contributed by atoms with E-state index in [1.54, 1.807) is 24.3 Å². The summed E-state index contributed by atoms with van der Waals surface area (Å²) in [7, 11) is 0. The van der Waals surface area contributed by atoms with E-state index in [-0.39, 0.29) is 29.8 Å². The van der Waals surface area contributed by atoms with Gasteiger partial charge in [-0.1, -0.05) is 24.3 Å². The molecule has 0 unspecified atom stereocenters. The lowest BCUT2D eigenvalue weighted by Gasteiger charge is -2.17. The molecule has 4 rings (SSSR count). The number of anilines is 1. The first-order valence-corrected chi connectivity index (χ1v) is 10.7. The Kier molecular flexibility index (Phi) is 6.55. The fourth-order valence-corrected chi connectivity index (χ4v) is 4.20. The van der Waals surface area contributed by atoms with Gasteiger partial charge in [0.2, 0.25) is 5.91 Å². The molecule has 166 valence electrons. The molecule has 1 aliphatic heterocycles. The maximum atomic E-state index is 13.8. The molecule has 0 radical (unpaired) electrons. The molecular weight excluding hydrogens is 410 g/mol. The highest BCUT2D eigenvalue weighted by Gasteiger charge is 2.27. The minimum atomic E-state index is -0.468. The minimum Gasteiger partial charge on any atom is -0.323 e. The largest absolute Gasteiger partial charge is 0.323 e. The summed E-state index contributed by atoms with van der Waals surface area (Å²) in [5, 5.41) is 2.61. The first kappa shape index (κ1) is 22.0. The average molecular weight is 437 g/mol. The van der Waals surface area contributed by atoms with E-state index < -0.39 is 5.82 Å². The number of carbonyl (C=O) groups is 1. The number of nitrogens with zero attached hydrogens (tertiary/aromatic N) is 3. The van der Waals surface area contributed by atoms with E-state index >= 15 is 0 Å². The van der Waals surface area contributed by atoms with Crippen molar-refractivity contribution in [3.8, 4) is 0 Å². The standard InChI is InChI=1S/C25H26F2N4O/c1-16-21(13-24(32)30-23-9-4-3-8-22(23)27)17(2)29-25(28-16)19-10-11-31(15-19)14-18-6-5-7-20(26)12-18/h3-9,12,19H,10-11,13-15H2,1-2H3,(H,30,32)/t19-/m1/s1. The molecule has 0 aliphatic carbocycles. The number of aryl methyl sites for hydroxylation is 2. The van der Waals surface area contributed by atoms with Crippen molar-refractivity contribution in [2.45, 2.75) is 39.2 Å². The van der Waals surface area contributed by atoms with Gasteiger partial charge >= 0.3 is 0 Å². The fraction of sp³-hybridized carbons (Fsp3) is 0.320. The van der Waals surface area contributed by atoms with Crippen LogP contribution >= 0.6 is 0 Å². The Morgan fingerprint density at radius 3 is 2.56 bits per heavy atom. The molecule has 1 N–H and O–H groups in total. The molecule has 1 amide bonds. The second-order valence-corrected chi connectivity index (χ2v) is 8.29. The molecule has 0 spiro atoms. The van der Waals surface area contributed by atoms with E-state index in [1.807, 2.05) is 19.9 Å². The Hall–Kier alpha value is -3.19. The maximum Gasteiger partial charge on any atom is 0.229 e. The number of para-hydroxylation sites is 1. The highest BCUT2D eigenvalue weighted by Crippen LogP contribution is 2.27. The molecule has 0 saturated carbocycles. The molecule has 1 aromatic heterocycles. The quantitative estimate of drug-likeness (QED) is 0.616. The zero-order valence-corrected chi connectivity index (χ0v) is 18.2. The zero-order chi connectivity index (χ0) is 22.7. The highest BCUT2D eigenvalue weighted by molar-refractivity contribution is 5.92. The molecule has 7 heteroatoms. The van der Waals surface area contributed by atoms with Gasteiger partial charge in [-0.25, -0.2) is 18.7 Å². The number of rotatable bonds is 6. The Morgan fingerprint density at radius 1 is 1.09 bits per heavy atom. The summed E-state index contributed by atoms with van der Waals surface area (Å²) in [5.74, 6) is -0.0191. The molecule has 2 heterocycles. The van der Waals surface area contributed by atoms with Gasteiger partial charge in [-0.05, 0) is 56.6 Å². The van der Waals surface area contributed by atoms with Crippen LogP contribution in [0.5, 0.6) is 0 Å². The van der Waals surface area contributed by atoms with Crippen molar-refractivity contribution in [2.75, 3.05) is 18.4 Å². The smallest absolute Gasteiger partial charge is 0.229 e. The third kappa shape index (κ3) is 5.16. The van der Waals surface area contributed by atoms with Gasteiger partial charge < -0.3 is 5.32 Å². The molecule has 1 aliphatic rings. The van der Waals surface area contributed by atoms with Crippen molar-refractivity contribution in [3.05, 3.63) is 88.5 Å². The normalized spacial score (nSPS) is 16.3. The van der Waals surface area contributed by atoms with Crippen LogP contribution in [0.25, 0.3) is 0 Å². The van der Waals surface area contributed by atoms with Gasteiger partial charge in [-0.3, -0.25) is 9.69 Å². The van der Waals surface area contributed by atoms with Gasteiger partial charge in [0.25, 0.3) is 0 Å². The minimum absolute atomic E-state index is 0.0860. The van der Waals surface area contributed by atoms with Crippen molar-refractivity contribution >= 4 is 11.6 Å². The Balaban J connectivity index is 1.41. The Labute approximate surface area is 186 Å². The molecular formula is C25H26F2N4O. The number of benzene rings is 2. The maximum absolute atomic E-state index is 13.8. The molecule has 1 saturated heterocycles. The zero-order valence-electron chi connectivity index (χ0n) is 18.2. The topological polar surface area (TPSA) is 58.1 Å². The average Bonchev–Trinajstić information content (AvgIpc) is 3.21. The number of carbonyl (C=O) groups excluding carboxylic acids is 1. The summed E-state index contributed by atoms with van der Waals surface area (Å²) in [4.78, 5) is 24.1. The first-order chi connectivity index (χ1) is 15.4. The molecule has 1 fully saturated rings. The Bertz CT molecular complexity index is 1110. The van der Waals surface area contributed by atoms with E-state index in [1.165, 1.54) is 18.2 Å². The lowest BCUT2D eigenvalue weighted by atomic mass is 10.0. The number of likely N-dealkylation sites (tertiary alicyclic amines) is 1. The van der Waals surface area contributed by atoms with E-state index in [4.69, 9.17) is 9.97 Å². The number of hydrogen-bond donors (Lipinski definition) is 1. The lowest BCUT2D eigenvalue weighted by molar-refractivity contribution is -0.115. The second kappa shape index (κ2) is 9.53. The van der Waals surface area contributed by atoms with Crippen molar-refractivity contribution in [1.29, 1.82) is 0 Å². The van der Waals surface area contributed by atoms with Crippen LogP contribution in [0, 0.1) is 25.5 Å². The third-order valence-electron chi connectivity index (χ3n) is 5.86. The van der Waals surface area contributed by atoms with Crippen LogP contribution in [0.1, 0.15) is 40.7 Å². The van der Waals surface area contributed by atoms with Crippen LogP contribution in [0.15, 0.2) is 48.5 Å². The number of amides is 1. The van der Waals surface area contributed by atoms with Crippen molar-refractivity contribution in [1.82, 2.24) is 14.9 Å². The van der Waals surface area contributed by atoms with E-state index in [0.717, 1.165) is 47.8 Å². The van der Waals surface area contributed by atoms with Gasteiger partial charge in [-0.15, -0.1) is 0 Å². The fourth-order valence-electron chi connectivity index (χ4n) is 4.20. The predicted octanol–water partition coefficient (Wildman–Crippen LogP) is 4.54. The van der Waals surface area contributed by atoms with Crippen molar-refractivity contribution in [3.63, 3.8) is 0 Å². The molecule has 0 bridgehead atoms. The Morgan fingerprint density at radius 2 is 1.84 bits per heavy atom. The van der Waals surface area contributed by atoms with Crippen LogP contribution in [0.2, 0.25) is 0 Å². The van der Waals surface area contributed by atoms with Gasteiger partial charge in [0.1, 0.15) is 17.5 Å². The molecule has 5 nitrogen and oxygen atoms in total. The van der Waals surface area contributed by atoms with E-state index in [0.29, 0.717) is 6.54 Å². The molecule has 3 aromatic rings. The predicted molar refractivity (Wildman–Crippen MR) is 119 cm³/mol. The SMILES string of the molecule is Cc1nc([C@@H]2CCN(Cc3cccc(F)c3)C2)nc(C)c1CC(=O)Nc1ccccc1F. The van der Waals surface area contributed by atoms with E-state index in [9.17, 15) is 13.6 Å². The van der Waals surface area contributed by atoms with Crippen molar-refractivity contribution < 1.29 is 13.6 Å². The monoisotopic (exact) mass is 436 g/mol. The third-order valence-corrected chi connectivity index (χ3v) is 5.86. The van der Waals surface area contributed by atoms with Gasteiger partial charge in [0.05, 0.1) is 12.1 Å². The number of nitrogens with one attached hydrogen (secondary N) is 1. The van der Waals surface area contributed by atoms with E-state index in [2.05, 4.69) is 10.2 Å². The first-order valence-electron chi connectivity index (χ1n) is 10.7. The molecule has 32 heavy (non-hydrogen) atoms. The summed E-state index contributed by atoms with van der Waals surface area (Å²) in [6, 6.07) is 12.8. The van der Waals surface area contributed by atoms with Crippen LogP contribution in [0.4, 0.5) is 14.5 Å². The number of halogens is 2. The molecule has 2 aromatic carbocycles. The van der Waals surface area contributed by atoms with Crippen LogP contribution in [-0.2, 0) is 17.8 Å².